The predicted molar refractivity (Wildman–Crippen MR) is 41.7 cm³/mol. The summed E-state index contributed by atoms with van der Waals surface area (Å²) in [6.07, 6.45) is 0. The molecule has 0 rings (SSSR count). The Kier molecular flexibility index (Phi) is 3.13. The van der Waals surface area contributed by atoms with Crippen LogP contribution in [-0.2, 0) is 4.52 Å². The third-order valence-corrected chi connectivity index (χ3v) is 7.67. The summed E-state index contributed by atoms with van der Waals surface area (Å²) >= 11 is 2.69. The number of hydrogen-bond acceptors (Lipinski definition) is 2. The molecular weight excluding hydrogens is 202 g/mol. The molecule has 1 N–H and O–H groups in total. The zero-order valence-electron chi connectivity index (χ0n) is 6.21. The second-order valence-corrected chi connectivity index (χ2v) is 8.74. The average molecular weight is 215 g/mol. The molecule has 0 bridgehead atoms. The number of hydrogen-bond donors (Lipinski definition) is 1. The standard InChI is InChI=1S/C5H13O2PSe/c1-5(2,3)8(6,9)7-4/h1-4H3,(H,6,9). The first-order valence-corrected chi connectivity index (χ1v) is 6.57. The minimum atomic E-state index is -2.23. The molecule has 0 saturated carbocycles. The topological polar surface area (TPSA) is 29.5 Å². The molecule has 0 spiro atoms. The molecule has 1 unspecified atom stereocenters. The zero-order chi connectivity index (χ0) is 7.71. The Morgan fingerprint density at radius 2 is 1.78 bits per heavy atom. The fourth-order valence-electron chi connectivity index (χ4n) is 0.274. The molecule has 0 aliphatic rings. The quantitative estimate of drug-likeness (QED) is 0.528. The first kappa shape index (κ1) is 9.87. The van der Waals surface area contributed by atoms with Crippen LogP contribution in [0.1, 0.15) is 20.8 Å². The van der Waals surface area contributed by atoms with E-state index < -0.39 is 5.96 Å². The second kappa shape index (κ2) is 2.86. The third kappa shape index (κ3) is 2.53. The van der Waals surface area contributed by atoms with Gasteiger partial charge in [0.2, 0.25) is 0 Å². The van der Waals surface area contributed by atoms with Crippen LogP contribution in [0.4, 0.5) is 0 Å². The first-order chi connectivity index (χ1) is 3.81. The molecule has 9 heavy (non-hydrogen) atoms. The maximum atomic E-state index is 9.49. The van der Waals surface area contributed by atoms with Gasteiger partial charge in [-0.2, -0.15) is 0 Å². The summed E-state index contributed by atoms with van der Waals surface area (Å²) < 4.78 is 4.91. The third-order valence-electron chi connectivity index (χ3n) is 1.10. The minimum absolute atomic E-state index is 0.165. The first-order valence-electron chi connectivity index (χ1n) is 2.70. The van der Waals surface area contributed by atoms with Gasteiger partial charge in [-0.3, -0.25) is 0 Å². The van der Waals surface area contributed by atoms with E-state index in [-0.39, 0.29) is 5.16 Å². The molecule has 0 radical (unpaired) electrons. The van der Waals surface area contributed by atoms with Crippen LogP contribution in [0.25, 0.3) is 0 Å². The molecule has 0 aromatic carbocycles. The van der Waals surface area contributed by atoms with E-state index in [1.807, 2.05) is 20.8 Å². The van der Waals surface area contributed by atoms with Gasteiger partial charge in [-0.15, -0.1) is 0 Å². The van der Waals surface area contributed by atoms with E-state index in [0.29, 0.717) is 0 Å². The van der Waals surface area contributed by atoms with E-state index in [9.17, 15) is 4.89 Å². The molecule has 0 saturated heterocycles. The molecule has 0 aromatic rings. The van der Waals surface area contributed by atoms with Crippen molar-refractivity contribution in [3.05, 3.63) is 0 Å². The van der Waals surface area contributed by atoms with Crippen LogP contribution in [0.15, 0.2) is 0 Å². The van der Waals surface area contributed by atoms with Crippen molar-refractivity contribution in [1.82, 2.24) is 0 Å². The Morgan fingerprint density at radius 3 is 1.78 bits per heavy atom. The van der Waals surface area contributed by atoms with Crippen molar-refractivity contribution in [3.8, 4) is 0 Å². The van der Waals surface area contributed by atoms with Crippen LogP contribution in [0, 0.1) is 0 Å². The normalized spacial score (nSPS) is 19.2. The summed E-state index contributed by atoms with van der Waals surface area (Å²) in [4.78, 5) is 9.49. The molecule has 56 valence electrons. The van der Waals surface area contributed by atoms with Crippen LogP contribution in [0.3, 0.4) is 0 Å². The van der Waals surface area contributed by atoms with Gasteiger partial charge in [0.25, 0.3) is 0 Å². The van der Waals surface area contributed by atoms with Gasteiger partial charge >= 0.3 is 63.5 Å². The van der Waals surface area contributed by atoms with Gasteiger partial charge in [0.1, 0.15) is 0 Å². The second-order valence-electron chi connectivity index (χ2n) is 2.87. The fourth-order valence-corrected chi connectivity index (χ4v) is 0.822. The molecule has 4 heteroatoms. The molecule has 0 heterocycles. The Bertz CT molecular complexity index is 138. The van der Waals surface area contributed by atoms with Crippen LogP contribution >= 0.6 is 5.96 Å². The van der Waals surface area contributed by atoms with Crippen molar-refractivity contribution in [3.63, 3.8) is 0 Å². The van der Waals surface area contributed by atoms with E-state index in [4.69, 9.17) is 4.52 Å². The fraction of sp³-hybridized carbons (Fsp3) is 1.00. The van der Waals surface area contributed by atoms with Gasteiger partial charge in [0.15, 0.2) is 0 Å². The van der Waals surface area contributed by atoms with Crippen LogP contribution in [0.2, 0.25) is 0 Å². The molecular formula is C5H13O2PSe. The molecule has 2 nitrogen and oxygen atoms in total. The molecule has 0 amide bonds. The summed E-state index contributed by atoms with van der Waals surface area (Å²) in [7, 11) is 1.52. The van der Waals surface area contributed by atoms with Gasteiger partial charge in [-0.25, -0.2) is 0 Å². The Balaban J connectivity index is 4.35. The van der Waals surface area contributed by atoms with Gasteiger partial charge in [-0.1, -0.05) is 0 Å². The summed E-state index contributed by atoms with van der Waals surface area (Å²) in [5.74, 6) is -2.23. The van der Waals surface area contributed by atoms with Crippen LogP contribution < -0.4 is 0 Å². The van der Waals surface area contributed by atoms with E-state index in [2.05, 4.69) is 15.1 Å². The monoisotopic (exact) mass is 216 g/mol. The van der Waals surface area contributed by atoms with E-state index >= 15 is 0 Å². The van der Waals surface area contributed by atoms with Gasteiger partial charge in [0, 0.05) is 0 Å². The Morgan fingerprint density at radius 1 is 1.44 bits per heavy atom. The number of rotatable bonds is 1. The van der Waals surface area contributed by atoms with Gasteiger partial charge < -0.3 is 0 Å². The summed E-state index contributed by atoms with van der Waals surface area (Å²) in [5, 5.41) is -0.165. The summed E-state index contributed by atoms with van der Waals surface area (Å²) in [6.45, 7) is 5.84. The molecule has 0 aromatic heterocycles. The molecule has 0 aliphatic heterocycles. The summed E-state index contributed by atoms with van der Waals surface area (Å²) in [5.41, 5.74) is 0. The van der Waals surface area contributed by atoms with E-state index in [0.717, 1.165) is 0 Å². The van der Waals surface area contributed by atoms with Crippen molar-refractivity contribution in [1.29, 1.82) is 0 Å². The van der Waals surface area contributed by atoms with E-state index in [1.54, 1.807) is 0 Å². The Hall–Kier alpha value is 0.869. The van der Waals surface area contributed by atoms with Crippen molar-refractivity contribution in [2.24, 2.45) is 0 Å². The predicted octanol–water partition coefficient (Wildman–Crippen LogP) is 1.35. The van der Waals surface area contributed by atoms with Crippen molar-refractivity contribution >= 4 is 21.1 Å². The molecule has 0 fully saturated rings. The van der Waals surface area contributed by atoms with Gasteiger partial charge in [-0.05, 0) is 0 Å². The van der Waals surface area contributed by atoms with Crippen LogP contribution in [-0.4, -0.2) is 32.3 Å². The van der Waals surface area contributed by atoms with Crippen molar-refractivity contribution < 1.29 is 9.42 Å². The maximum absolute atomic E-state index is 9.49. The van der Waals surface area contributed by atoms with E-state index in [1.165, 1.54) is 7.11 Å². The van der Waals surface area contributed by atoms with Crippen LogP contribution in [0.5, 0.6) is 0 Å². The SMILES string of the molecule is COP(O)(=[Se])C(C)(C)C. The molecule has 1 atom stereocenters. The Labute approximate surface area is 64.0 Å². The van der Waals surface area contributed by atoms with Crippen molar-refractivity contribution in [2.75, 3.05) is 7.11 Å². The van der Waals surface area contributed by atoms with Gasteiger partial charge in [0.05, 0.1) is 0 Å². The zero-order valence-corrected chi connectivity index (χ0v) is 8.82. The average Bonchev–Trinajstić information content (AvgIpc) is 1.64. The summed E-state index contributed by atoms with van der Waals surface area (Å²) in [6, 6.07) is 0. The van der Waals surface area contributed by atoms with Crippen molar-refractivity contribution in [2.45, 2.75) is 25.9 Å². The molecule has 0 aliphatic carbocycles.